The maximum absolute atomic E-state index is 10.5. The van der Waals surface area contributed by atoms with Crippen molar-refractivity contribution in [2.24, 2.45) is 0 Å². The Balaban J connectivity index is 1.40. The molecular formula is C34H28BNO2S. The van der Waals surface area contributed by atoms with Crippen LogP contribution in [0, 0.1) is 0 Å². The molecule has 8 rings (SSSR count). The standard InChI is InChI=1S/C34H28BNO2S/c1-33(2,37)34(3,4)38-35-20-13-15-29-26(17-20)31-24-18-28-25(16-19(24)12-14-30(31)39-29)23-10-7-9-22-21-8-5-6-11-27(21)36(28)32(22)23/h5-18,35,37H,1-4H3. The third-order valence-corrected chi connectivity index (χ3v) is 10.1. The van der Waals surface area contributed by atoms with Gasteiger partial charge in [-0.15, -0.1) is 11.3 Å². The number of aliphatic hydroxyl groups is 1. The predicted octanol–water partition coefficient (Wildman–Crippen LogP) is 7.90. The average molecular weight is 525 g/mol. The Kier molecular flexibility index (Phi) is 4.61. The minimum atomic E-state index is -0.936. The molecule has 0 aliphatic rings. The van der Waals surface area contributed by atoms with Gasteiger partial charge in [0.2, 0.25) is 0 Å². The summed E-state index contributed by atoms with van der Waals surface area (Å²) in [6.07, 6.45) is 0. The summed E-state index contributed by atoms with van der Waals surface area (Å²) in [6, 6.07) is 31.4. The van der Waals surface area contributed by atoms with Crippen molar-refractivity contribution in [3.63, 3.8) is 0 Å². The van der Waals surface area contributed by atoms with Crippen LogP contribution >= 0.6 is 11.3 Å². The van der Waals surface area contributed by atoms with Crippen molar-refractivity contribution >= 4 is 93.3 Å². The molecule has 0 bridgehead atoms. The first-order valence-corrected chi connectivity index (χ1v) is 14.3. The average Bonchev–Trinajstić information content (AvgIpc) is 3.56. The van der Waals surface area contributed by atoms with Crippen molar-refractivity contribution in [3.05, 3.63) is 84.9 Å². The number of rotatable bonds is 4. The van der Waals surface area contributed by atoms with Crippen molar-refractivity contribution in [1.29, 1.82) is 0 Å². The van der Waals surface area contributed by atoms with E-state index in [-0.39, 0.29) is 0 Å². The van der Waals surface area contributed by atoms with Gasteiger partial charge in [0.05, 0.1) is 27.8 Å². The van der Waals surface area contributed by atoms with Gasteiger partial charge in [-0.3, -0.25) is 0 Å². The molecule has 5 aromatic carbocycles. The van der Waals surface area contributed by atoms with Gasteiger partial charge in [-0.2, -0.15) is 0 Å². The van der Waals surface area contributed by atoms with Crippen LogP contribution in [-0.4, -0.2) is 28.2 Å². The first kappa shape index (κ1) is 23.3. The third kappa shape index (κ3) is 3.18. The van der Waals surface area contributed by atoms with E-state index in [1.54, 1.807) is 13.8 Å². The lowest BCUT2D eigenvalue weighted by molar-refractivity contribution is -0.0893. The molecule has 0 saturated carbocycles. The summed E-state index contributed by atoms with van der Waals surface area (Å²) < 4.78 is 11.2. The Morgan fingerprint density at radius 1 is 0.692 bits per heavy atom. The van der Waals surface area contributed by atoms with E-state index in [0.717, 1.165) is 5.46 Å². The number of hydrogen-bond donors (Lipinski definition) is 1. The van der Waals surface area contributed by atoms with E-state index >= 15 is 0 Å². The zero-order chi connectivity index (χ0) is 26.7. The monoisotopic (exact) mass is 525 g/mol. The molecule has 0 spiro atoms. The van der Waals surface area contributed by atoms with Crippen LogP contribution < -0.4 is 5.46 Å². The number of benzene rings is 5. The third-order valence-electron chi connectivity index (χ3n) is 8.93. The van der Waals surface area contributed by atoms with Crippen LogP contribution in [0.5, 0.6) is 0 Å². The lowest BCUT2D eigenvalue weighted by atomic mass is 9.82. The van der Waals surface area contributed by atoms with Gasteiger partial charge in [0, 0.05) is 41.7 Å². The topological polar surface area (TPSA) is 33.9 Å². The van der Waals surface area contributed by atoms with E-state index in [4.69, 9.17) is 4.65 Å². The second kappa shape index (κ2) is 7.73. The van der Waals surface area contributed by atoms with Crippen molar-refractivity contribution in [2.45, 2.75) is 38.9 Å². The minimum Gasteiger partial charge on any atom is -0.427 e. The van der Waals surface area contributed by atoms with Crippen LogP contribution in [0.3, 0.4) is 0 Å². The zero-order valence-corrected chi connectivity index (χ0v) is 23.3. The van der Waals surface area contributed by atoms with E-state index < -0.39 is 11.2 Å². The number of aromatic nitrogens is 1. The number of nitrogens with zero attached hydrogens (tertiary/aromatic N) is 1. The van der Waals surface area contributed by atoms with E-state index in [1.165, 1.54) is 69.0 Å². The van der Waals surface area contributed by atoms with Gasteiger partial charge in [-0.25, -0.2) is 0 Å². The van der Waals surface area contributed by atoms with Gasteiger partial charge in [0.1, 0.15) is 0 Å². The fourth-order valence-corrected chi connectivity index (χ4v) is 7.20. The Labute approximate surface area is 230 Å². The Hall–Kier alpha value is -3.64. The molecule has 0 radical (unpaired) electrons. The maximum atomic E-state index is 10.5. The molecule has 0 amide bonds. The summed E-state index contributed by atoms with van der Waals surface area (Å²) in [6.45, 7) is 7.49. The predicted molar refractivity (Wildman–Crippen MR) is 170 cm³/mol. The van der Waals surface area contributed by atoms with Gasteiger partial charge >= 0.3 is 7.48 Å². The molecule has 0 fully saturated rings. The molecule has 190 valence electrons. The van der Waals surface area contributed by atoms with Crippen LogP contribution in [-0.2, 0) is 4.65 Å². The highest BCUT2D eigenvalue weighted by Gasteiger charge is 2.35. The summed E-state index contributed by atoms with van der Waals surface area (Å²) in [4.78, 5) is 0. The molecule has 0 aliphatic carbocycles. The normalized spacial score (nSPS) is 13.4. The minimum absolute atomic E-state index is 0.451. The first-order valence-electron chi connectivity index (χ1n) is 13.5. The molecule has 39 heavy (non-hydrogen) atoms. The molecule has 0 aliphatic heterocycles. The van der Waals surface area contributed by atoms with Crippen LogP contribution in [0.1, 0.15) is 27.7 Å². The molecule has 0 atom stereocenters. The summed E-state index contributed by atoms with van der Waals surface area (Å²) in [5.41, 5.74) is 3.34. The van der Waals surface area contributed by atoms with E-state index in [0.29, 0.717) is 7.48 Å². The van der Waals surface area contributed by atoms with Crippen LogP contribution in [0.4, 0.5) is 0 Å². The summed E-state index contributed by atoms with van der Waals surface area (Å²) in [5.74, 6) is 0. The summed E-state index contributed by atoms with van der Waals surface area (Å²) in [7, 11) is 0.451. The molecule has 3 aromatic heterocycles. The van der Waals surface area contributed by atoms with E-state index in [1.807, 2.05) is 25.2 Å². The molecule has 0 unspecified atom stereocenters. The quantitative estimate of drug-likeness (QED) is 0.237. The highest BCUT2D eigenvalue weighted by Crippen LogP contribution is 2.43. The van der Waals surface area contributed by atoms with Gasteiger partial charge < -0.3 is 14.2 Å². The van der Waals surface area contributed by atoms with E-state index in [2.05, 4.69) is 89.3 Å². The number of thiophene rings is 1. The fourth-order valence-electron chi connectivity index (χ4n) is 6.10. The lowest BCUT2D eigenvalue weighted by Gasteiger charge is -2.37. The molecular weight excluding hydrogens is 497 g/mol. The summed E-state index contributed by atoms with van der Waals surface area (Å²) in [5, 5.41) is 20.9. The summed E-state index contributed by atoms with van der Waals surface area (Å²) >= 11 is 1.84. The van der Waals surface area contributed by atoms with Crippen molar-refractivity contribution in [1.82, 2.24) is 4.40 Å². The largest absolute Gasteiger partial charge is 0.427 e. The molecule has 8 aromatic rings. The molecule has 1 N–H and O–H groups in total. The molecule has 3 nitrogen and oxygen atoms in total. The Morgan fingerprint density at radius 2 is 1.44 bits per heavy atom. The highest BCUT2D eigenvalue weighted by molar-refractivity contribution is 7.26. The lowest BCUT2D eigenvalue weighted by Crippen LogP contribution is -2.49. The number of para-hydroxylation sites is 2. The molecule has 3 heterocycles. The van der Waals surface area contributed by atoms with Gasteiger partial charge in [0.25, 0.3) is 0 Å². The van der Waals surface area contributed by atoms with Crippen molar-refractivity contribution in [3.8, 4) is 0 Å². The second-order valence-corrected chi connectivity index (χ2v) is 13.0. The Morgan fingerprint density at radius 3 is 2.26 bits per heavy atom. The van der Waals surface area contributed by atoms with Crippen LogP contribution in [0.15, 0.2) is 84.9 Å². The van der Waals surface area contributed by atoms with Crippen LogP contribution in [0.25, 0.3) is 69.0 Å². The second-order valence-electron chi connectivity index (χ2n) is 11.9. The van der Waals surface area contributed by atoms with Gasteiger partial charge in [0.15, 0.2) is 0 Å². The number of fused-ring (bicyclic) bond motifs is 11. The van der Waals surface area contributed by atoms with Crippen molar-refractivity contribution < 1.29 is 9.76 Å². The molecule has 0 saturated heterocycles. The fraction of sp³-hybridized carbons (Fsp3) is 0.176. The van der Waals surface area contributed by atoms with Gasteiger partial charge in [-0.05, 0) is 68.8 Å². The van der Waals surface area contributed by atoms with Gasteiger partial charge in [-0.1, -0.05) is 60.1 Å². The van der Waals surface area contributed by atoms with E-state index in [9.17, 15) is 5.11 Å². The molecule has 5 heteroatoms. The number of hydrogen-bond acceptors (Lipinski definition) is 3. The highest BCUT2D eigenvalue weighted by atomic mass is 32.1. The Bertz CT molecular complexity index is 2250. The SMILES string of the molecule is CC(C)(O)C(C)(C)OBc1ccc2sc3ccc4cc5c6cccc7c8ccccc8n(c5cc4c3c2c1)c76. The van der Waals surface area contributed by atoms with Crippen molar-refractivity contribution in [2.75, 3.05) is 0 Å². The first-order chi connectivity index (χ1) is 18.7. The zero-order valence-electron chi connectivity index (χ0n) is 22.5. The maximum Gasteiger partial charge on any atom is 0.309 e. The van der Waals surface area contributed by atoms with Crippen LogP contribution in [0.2, 0.25) is 0 Å². The smallest absolute Gasteiger partial charge is 0.309 e.